The van der Waals surface area contributed by atoms with Gasteiger partial charge in [-0.1, -0.05) is 36.4 Å². The van der Waals surface area contributed by atoms with Crippen molar-refractivity contribution in [2.75, 3.05) is 18.1 Å². The van der Waals surface area contributed by atoms with Crippen LogP contribution in [0.3, 0.4) is 0 Å². The minimum atomic E-state index is 0.585. The average Bonchev–Trinajstić information content (AvgIpc) is 2.71. The van der Waals surface area contributed by atoms with Crippen LogP contribution < -0.4 is 15.4 Å². The Morgan fingerprint density at radius 2 is 1.75 bits per heavy atom. The molecule has 0 atom stereocenters. The van der Waals surface area contributed by atoms with Gasteiger partial charge in [-0.2, -0.15) is 0 Å². The predicted octanol–water partition coefficient (Wildman–Crippen LogP) is 2.93. The molecule has 1 aliphatic heterocycles. The molecule has 0 saturated heterocycles. The molecule has 0 aromatic heterocycles. The summed E-state index contributed by atoms with van der Waals surface area (Å²) in [5.41, 5.74) is 9.53. The molecule has 3 rings (SSSR count). The second kappa shape index (κ2) is 5.97. The lowest BCUT2D eigenvalue weighted by Crippen LogP contribution is -2.24. The Morgan fingerprint density at radius 1 is 1.00 bits per heavy atom. The number of nitrogens with two attached hydrogens (primary N) is 1. The number of fused-ring (bicyclic) bond motifs is 1. The molecular formula is C17H20N2O. The topological polar surface area (TPSA) is 38.5 Å². The van der Waals surface area contributed by atoms with Crippen LogP contribution in [0.25, 0.3) is 0 Å². The van der Waals surface area contributed by atoms with Crippen LogP contribution in [0, 0.1) is 0 Å². The predicted molar refractivity (Wildman–Crippen MR) is 81.9 cm³/mol. The number of hydrogen-bond donors (Lipinski definition) is 1. The summed E-state index contributed by atoms with van der Waals surface area (Å²) in [7, 11) is 0. The van der Waals surface area contributed by atoms with E-state index in [2.05, 4.69) is 35.2 Å². The summed E-state index contributed by atoms with van der Waals surface area (Å²) in [6, 6.07) is 16.7. The molecule has 2 N–H and O–H groups in total. The lowest BCUT2D eigenvalue weighted by molar-refractivity contribution is 0.322. The van der Waals surface area contributed by atoms with Gasteiger partial charge in [0.2, 0.25) is 0 Å². The minimum Gasteiger partial charge on any atom is -0.491 e. The van der Waals surface area contributed by atoms with E-state index in [4.69, 9.17) is 10.5 Å². The van der Waals surface area contributed by atoms with Crippen LogP contribution in [0.15, 0.2) is 48.5 Å². The van der Waals surface area contributed by atoms with Gasteiger partial charge in [-0.3, -0.25) is 0 Å². The maximum Gasteiger partial charge on any atom is 0.142 e. The van der Waals surface area contributed by atoms with E-state index in [1.807, 2.05) is 18.2 Å². The Morgan fingerprint density at radius 3 is 2.60 bits per heavy atom. The van der Waals surface area contributed by atoms with Crippen molar-refractivity contribution in [2.45, 2.75) is 19.5 Å². The molecule has 0 unspecified atom stereocenters. The number of benzene rings is 2. The fraction of sp³-hybridized carbons (Fsp3) is 0.294. The van der Waals surface area contributed by atoms with Crippen LogP contribution in [0.1, 0.15) is 17.5 Å². The van der Waals surface area contributed by atoms with Crippen molar-refractivity contribution in [1.82, 2.24) is 0 Å². The summed E-state index contributed by atoms with van der Waals surface area (Å²) in [5.74, 6) is 0.982. The van der Waals surface area contributed by atoms with Crippen molar-refractivity contribution in [2.24, 2.45) is 5.73 Å². The van der Waals surface area contributed by atoms with Gasteiger partial charge in [0.05, 0.1) is 12.3 Å². The van der Waals surface area contributed by atoms with Gasteiger partial charge in [0.1, 0.15) is 5.75 Å². The molecule has 1 aliphatic rings. The third kappa shape index (κ3) is 2.63. The van der Waals surface area contributed by atoms with Crippen LogP contribution >= 0.6 is 0 Å². The van der Waals surface area contributed by atoms with E-state index in [1.165, 1.54) is 16.8 Å². The van der Waals surface area contributed by atoms with Gasteiger partial charge in [-0.25, -0.2) is 0 Å². The van der Waals surface area contributed by atoms with Gasteiger partial charge in [-0.05, 0) is 29.7 Å². The third-order valence-corrected chi connectivity index (χ3v) is 3.74. The first-order chi connectivity index (χ1) is 9.88. The van der Waals surface area contributed by atoms with Crippen molar-refractivity contribution >= 4 is 5.69 Å². The fourth-order valence-corrected chi connectivity index (χ4v) is 2.68. The monoisotopic (exact) mass is 268 g/mol. The molecule has 2 aromatic rings. The lowest BCUT2D eigenvalue weighted by atomic mass is 10.1. The summed E-state index contributed by atoms with van der Waals surface area (Å²) in [5, 5.41) is 0. The molecule has 3 nitrogen and oxygen atoms in total. The average molecular weight is 268 g/mol. The van der Waals surface area contributed by atoms with E-state index < -0.39 is 0 Å². The zero-order valence-electron chi connectivity index (χ0n) is 11.6. The maximum atomic E-state index is 5.84. The second-order valence-electron chi connectivity index (χ2n) is 5.06. The van der Waals surface area contributed by atoms with Gasteiger partial charge in [-0.15, -0.1) is 0 Å². The molecule has 0 saturated carbocycles. The van der Waals surface area contributed by atoms with E-state index in [9.17, 15) is 0 Å². The molecule has 20 heavy (non-hydrogen) atoms. The van der Waals surface area contributed by atoms with Crippen molar-refractivity contribution in [3.63, 3.8) is 0 Å². The number of nitrogens with zero attached hydrogens (tertiary/aromatic N) is 1. The van der Waals surface area contributed by atoms with Crippen LogP contribution in [0.2, 0.25) is 0 Å². The quantitative estimate of drug-likeness (QED) is 0.930. The molecule has 2 aromatic carbocycles. The van der Waals surface area contributed by atoms with Crippen LogP contribution in [-0.2, 0) is 13.1 Å². The first-order valence-electron chi connectivity index (χ1n) is 7.12. The van der Waals surface area contributed by atoms with Gasteiger partial charge < -0.3 is 15.4 Å². The third-order valence-electron chi connectivity index (χ3n) is 3.74. The number of hydrogen-bond acceptors (Lipinski definition) is 3. The number of para-hydroxylation sites is 2. The van der Waals surface area contributed by atoms with Crippen LogP contribution in [0.5, 0.6) is 5.75 Å². The molecule has 1 heterocycles. The fourth-order valence-electron chi connectivity index (χ4n) is 2.68. The van der Waals surface area contributed by atoms with Gasteiger partial charge in [0.15, 0.2) is 0 Å². The molecule has 0 amide bonds. The number of ether oxygens (including phenoxy) is 1. The Bertz CT molecular complexity index is 583. The van der Waals surface area contributed by atoms with E-state index in [-0.39, 0.29) is 0 Å². The first kappa shape index (κ1) is 13.0. The zero-order chi connectivity index (χ0) is 13.8. The van der Waals surface area contributed by atoms with E-state index in [0.29, 0.717) is 6.54 Å². The highest BCUT2D eigenvalue weighted by atomic mass is 16.5. The van der Waals surface area contributed by atoms with Crippen molar-refractivity contribution in [3.8, 4) is 5.75 Å². The summed E-state index contributed by atoms with van der Waals surface area (Å²) in [4.78, 5) is 2.39. The van der Waals surface area contributed by atoms with Gasteiger partial charge in [0.25, 0.3) is 0 Å². The molecular weight excluding hydrogens is 248 g/mol. The highest BCUT2D eigenvalue weighted by Gasteiger charge is 2.16. The Labute approximate surface area is 120 Å². The largest absolute Gasteiger partial charge is 0.491 e. The molecule has 104 valence electrons. The smallest absolute Gasteiger partial charge is 0.142 e. The highest BCUT2D eigenvalue weighted by Crippen LogP contribution is 2.31. The number of rotatable bonds is 3. The van der Waals surface area contributed by atoms with E-state index >= 15 is 0 Å². The Hall–Kier alpha value is -2.00. The van der Waals surface area contributed by atoms with Gasteiger partial charge >= 0.3 is 0 Å². The molecule has 3 heteroatoms. The van der Waals surface area contributed by atoms with Crippen LogP contribution in [-0.4, -0.2) is 13.2 Å². The molecule has 0 radical (unpaired) electrons. The van der Waals surface area contributed by atoms with Crippen molar-refractivity contribution in [3.05, 3.63) is 59.7 Å². The molecule has 0 aliphatic carbocycles. The summed E-state index contributed by atoms with van der Waals surface area (Å²) >= 11 is 0. The molecule has 0 spiro atoms. The maximum absolute atomic E-state index is 5.84. The zero-order valence-corrected chi connectivity index (χ0v) is 11.6. The second-order valence-corrected chi connectivity index (χ2v) is 5.06. The highest BCUT2D eigenvalue weighted by molar-refractivity contribution is 5.59. The van der Waals surface area contributed by atoms with E-state index in [1.54, 1.807) is 0 Å². The Balaban J connectivity index is 1.90. The SMILES string of the molecule is NCc1ccccc1CN1CCCOc2ccccc21. The summed E-state index contributed by atoms with van der Waals surface area (Å²) in [6.07, 6.45) is 1.04. The standard InChI is InChI=1S/C17H20N2O/c18-12-14-6-1-2-7-15(14)13-19-10-5-11-20-17-9-4-3-8-16(17)19/h1-4,6-9H,5,10-13,18H2. The van der Waals surface area contributed by atoms with Crippen molar-refractivity contribution in [1.29, 1.82) is 0 Å². The van der Waals surface area contributed by atoms with E-state index in [0.717, 1.165) is 31.9 Å². The minimum absolute atomic E-state index is 0.585. The number of anilines is 1. The lowest BCUT2D eigenvalue weighted by Gasteiger charge is -2.25. The van der Waals surface area contributed by atoms with Crippen molar-refractivity contribution < 1.29 is 4.74 Å². The summed E-state index contributed by atoms with van der Waals surface area (Å²) < 4.78 is 5.81. The van der Waals surface area contributed by atoms with Gasteiger partial charge in [0, 0.05) is 19.6 Å². The normalized spacial score (nSPS) is 14.3. The Kier molecular flexibility index (Phi) is 3.88. The summed E-state index contributed by atoms with van der Waals surface area (Å²) in [6.45, 7) is 3.26. The van der Waals surface area contributed by atoms with Crippen LogP contribution in [0.4, 0.5) is 5.69 Å². The first-order valence-corrected chi connectivity index (χ1v) is 7.12. The molecule has 0 bridgehead atoms. The molecule has 0 fully saturated rings.